The second-order valence-electron chi connectivity index (χ2n) is 8.41. The average Bonchev–Trinajstić information content (AvgIpc) is 3.25. The summed E-state index contributed by atoms with van der Waals surface area (Å²) in [6, 6.07) is 17.7. The van der Waals surface area contributed by atoms with Crippen molar-refractivity contribution >= 4 is 11.3 Å². The van der Waals surface area contributed by atoms with Gasteiger partial charge in [-0.05, 0) is 48.7 Å². The van der Waals surface area contributed by atoms with Gasteiger partial charge in [0.15, 0.2) is 0 Å². The van der Waals surface area contributed by atoms with Gasteiger partial charge in [0.05, 0.1) is 6.61 Å². The molecule has 0 saturated carbocycles. The van der Waals surface area contributed by atoms with Gasteiger partial charge < -0.3 is 30.3 Å². The second-order valence-corrected chi connectivity index (χ2v) is 9.58. The van der Waals surface area contributed by atoms with Gasteiger partial charge in [-0.1, -0.05) is 42.0 Å². The molecule has 2 heterocycles. The zero-order chi connectivity index (χ0) is 23.0. The monoisotopic (exact) mass is 456 g/mol. The van der Waals surface area contributed by atoms with Crippen LogP contribution in [0.15, 0.2) is 54.6 Å². The van der Waals surface area contributed by atoms with E-state index in [1.165, 1.54) is 10.4 Å². The molecule has 4 rings (SSSR count). The van der Waals surface area contributed by atoms with Crippen molar-refractivity contribution in [2.75, 3.05) is 6.61 Å². The number of aliphatic hydroxyl groups excluding tert-OH is 4. The third kappa shape index (κ3) is 4.25. The summed E-state index contributed by atoms with van der Waals surface area (Å²) in [6.07, 6.45) is -5.54. The molecular weight excluding hydrogens is 428 g/mol. The maximum atomic E-state index is 11.1. The highest BCUT2D eigenvalue weighted by Gasteiger charge is 2.53. The fourth-order valence-corrected chi connectivity index (χ4v) is 5.05. The van der Waals surface area contributed by atoms with Crippen molar-refractivity contribution in [2.45, 2.75) is 50.5 Å². The molecule has 7 heteroatoms. The SMILES string of the molecule is Cc1ccc(-c2ccc(Cc3cc(C4(O)O[C@H](CO)[C@@H](O)[C@H](O)[C@H]4O)ccc3C)s2)cc1. The summed E-state index contributed by atoms with van der Waals surface area (Å²) < 4.78 is 5.47. The lowest BCUT2D eigenvalue weighted by Crippen LogP contribution is -2.63. The van der Waals surface area contributed by atoms with Crippen molar-refractivity contribution in [1.82, 2.24) is 0 Å². The predicted octanol–water partition coefficient (Wildman–Crippen LogP) is 2.24. The van der Waals surface area contributed by atoms with E-state index in [0.29, 0.717) is 6.42 Å². The van der Waals surface area contributed by atoms with Gasteiger partial charge >= 0.3 is 0 Å². The Kier molecular flexibility index (Phi) is 6.51. The smallest absolute Gasteiger partial charge is 0.222 e. The largest absolute Gasteiger partial charge is 0.394 e. The number of hydrogen-bond donors (Lipinski definition) is 5. The maximum absolute atomic E-state index is 11.1. The molecule has 1 aromatic heterocycles. The van der Waals surface area contributed by atoms with Gasteiger partial charge in [-0.25, -0.2) is 0 Å². The number of aliphatic hydroxyl groups is 5. The van der Waals surface area contributed by atoms with E-state index in [1.54, 1.807) is 23.5 Å². The van der Waals surface area contributed by atoms with Crippen molar-refractivity contribution in [2.24, 2.45) is 0 Å². The molecule has 1 unspecified atom stereocenters. The summed E-state index contributed by atoms with van der Waals surface area (Å²) in [4.78, 5) is 2.31. The number of thiophene rings is 1. The molecule has 5 atom stereocenters. The molecule has 0 bridgehead atoms. The molecule has 32 heavy (non-hydrogen) atoms. The number of benzene rings is 2. The molecule has 3 aromatic rings. The van der Waals surface area contributed by atoms with Gasteiger partial charge in [0.2, 0.25) is 5.79 Å². The van der Waals surface area contributed by atoms with E-state index in [4.69, 9.17) is 4.74 Å². The van der Waals surface area contributed by atoms with E-state index >= 15 is 0 Å². The van der Waals surface area contributed by atoms with Crippen LogP contribution in [0, 0.1) is 13.8 Å². The van der Waals surface area contributed by atoms with Crippen molar-refractivity contribution in [3.63, 3.8) is 0 Å². The fraction of sp³-hybridized carbons (Fsp3) is 0.360. The molecule has 0 amide bonds. The van der Waals surface area contributed by atoms with Gasteiger partial charge in [-0.3, -0.25) is 0 Å². The molecule has 170 valence electrons. The normalized spacial score (nSPS) is 28.1. The van der Waals surface area contributed by atoms with Crippen LogP contribution in [0.5, 0.6) is 0 Å². The Morgan fingerprint density at radius 1 is 0.938 bits per heavy atom. The third-order valence-electron chi connectivity index (χ3n) is 6.09. The lowest BCUT2D eigenvalue weighted by atomic mass is 9.86. The van der Waals surface area contributed by atoms with Gasteiger partial charge in [-0.15, -0.1) is 11.3 Å². The molecule has 0 spiro atoms. The summed E-state index contributed by atoms with van der Waals surface area (Å²) in [6.45, 7) is 3.41. The highest BCUT2D eigenvalue weighted by molar-refractivity contribution is 7.15. The Morgan fingerprint density at radius 2 is 1.66 bits per heavy atom. The Balaban J connectivity index is 1.61. The van der Waals surface area contributed by atoms with Crippen LogP contribution < -0.4 is 0 Å². The molecule has 2 aromatic carbocycles. The van der Waals surface area contributed by atoms with E-state index in [-0.39, 0.29) is 5.56 Å². The first kappa shape index (κ1) is 23.1. The molecule has 0 aliphatic carbocycles. The molecule has 1 fully saturated rings. The van der Waals surface area contributed by atoms with Gasteiger partial charge in [0.25, 0.3) is 0 Å². The summed E-state index contributed by atoms with van der Waals surface area (Å²) >= 11 is 1.69. The summed E-state index contributed by atoms with van der Waals surface area (Å²) in [5, 5.41) is 51.2. The third-order valence-corrected chi connectivity index (χ3v) is 7.23. The highest BCUT2D eigenvalue weighted by atomic mass is 32.1. The van der Waals surface area contributed by atoms with Gasteiger partial charge in [0.1, 0.15) is 24.4 Å². The van der Waals surface area contributed by atoms with Crippen LogP contribution >= 0.6 is 11.3 Å². The molecule has 1 aliphatic rings. The second kappa shape index (κ2) is 9.03. The number of rotatable bonds is 5. The van der Waals surface area contributed by atoms with E-state index in [9.17, 15) is 25.5 Å². The van der Waals surface area contributed by atoms with E-state index in [1.807, 2.05) is 13.0 Å². The van der Waals surface area contributed by atoms with Crippen molar-refractivity contribution in [1.29, 1.82) is 0 Å². The van der Waals surface area contributed by atoms with Gasteiger partial charge in [0, 0.05) is 21.7 Å². The van der Waals surface area contributed by atoms with Crippen molar-refractivity contribution in [3.8, 4) is 10.4 Å². The summed E-state index contributed by atoms with van der Waals surface area (Å²) in [7, 11) is 0. The Hall–Kier alpha value is -2.10. The van der Waals surface area contributed by atoms with E-state index in [2.05, 4.69) is 43.3 Å². The Labute approximate surface area is 191 Å². The fourth-order valence-electron chi connectivity index (χ4n) is 4.01. The standard InChI is InChI=1S/C25H28O6S/c1-14-3-6-16(7-4-14)21-10-9-19(32-21)12-17-11-18(8-5-15(17)2)25(30)24(29)23(28)22(27)20(13-26)31-25/h3-11,20,22-24,26-30H,12-13H2,1-2H3/t20-,22-,23+,24-,25?/m1/s1. The molecule has 1 aliphatic heterocycles. The quantitative estimate of drug-likeness (QED) is 0.403. The molecule has 6 nitrogen and oxygen atoms in total. The van der Waals surface area contributed by atoms with Crippen LogP contribution in [0.2, 0.25) is 0 Å². The van der Waals surface area contributed by atoms with Crippen molar-refractivity contribution in [3.05, 3.63) is 81.7 Å². The lowest BCUT2D eigenvalue weighted by Gasteiger charge is -2.45. The summed E-state index contributed by atoms with van der Waals surface area (Å²) in [5.41, 5.74) is 4.57. The summed E-state index contributed by atoms with van der Waals surface area (Å²) in [5.74, 6) is -2.25. The minimum atomic E-state index is -2.25. The minimum Gasteiger partial charge on any atom is -0.394 e. The average molecular weight is 457 g/mol. The molecule has 5 N–H and O–H groups in total. The maximum Gasteiger partial charge on any atom is 0.222 e. The predicted molar refractivity (Wildman–Crippen MR) is 122 cm³/mol. The first-order valence-corrected chi connectivity index (χ1v) is 11.4. The zero-order valence-corrected chi connectivity index (χ0v) is 18.8. The van der Waals surface area contributed by atoms with Crippen LogP contribution in [-0.4, -0.2) is 56.6 Å². The first-order valence-electron chi connectivity index (χ1n) is 10.5. The minimum absolute atomic E-state index is 0.255. The van der Waals surface area contributed by atoms with Crippen LogP contribution in [0.1, 0.15) is 27.1 Å². The zero-order valence-electron chi connectivity index (χ0n) is 18.0. The van der Waals surface area contributed by atoms with Gasteiger partial charge in [-0.2, -0.15) is 0 Å². The molecule has 1 saturated heterocycles. The number of ether oxygens (including phenoxy) is 1. The van der Waals surface area contributed by atoms with Crippen LogP contribution in [0.25, 0.3) is 10.4 Å². The Morgan fingerprint density at radius 3 is 2.34 bits per heavy atom. The molecular formula is C25H28O6S. The van der Waals surface area contributed by atoms with E-state index in [0.717, 1.165) is 21.6 Å². The van der Waals surface area contributed by atoms with Crippen LogP contribution in [-0.2, 0) is 16.9 Å². The van der Waals surface area contributed by atoms with Crippen LogP contribution in [0.4, 0.5) is 0 Å². The first-order chi connectivity index (χ1) is 15.2. The molecule has 0 radical (unpaired) electrons. The highest BCUT2D eigenvalue weighted by Crippen LogP contribution is 2.38. The lowest BCUT2D eigenvalue weighted by molar-refractivity contribution is -0.357. The van der Waals surface area contributed by atoms with E-state index < -0.39 is 36.8 Å². The van der Waals surface area contributed by atoms with Crippen molar-refractivity contribution < 1.29 is 30.3 Å². The number of aryl methyl sites for hydroxylation is 2. The van der Waals surface area contributed by atoms with Crippen LogP contribution in [0.3, 0.4) is 0 Å². The topological polar surface area (TPSA) is 110 Å². The number of hydrogen-bond acceptors (Lipinski definition) is 7. The Bertz CT molecular complexity index is 1080.